The summed E-state index contributed by atoms with van der Waals surface area (Å²) >= 11 is 0. The Morgan fingerprint density at radius 3 is 2.23 bits per heavy atom. The standard InChI is InChI=1S/C23H27NO7/c1-4-28-20(25)13-29-19-11-7-17(8-12-19)24-22(26)23(2)14-30-21(31-15-23)16-5-9-18(27-3)10-6-16/h5-12,21H,4,13-15H2,1-3H3,(H,24,26). The van der Waals surface area contributed by atoms with Gasteiger partial charge in [0.15, 0.2) is 12.9 Å². The second-order valence-electron chi connectivity index (χ2n) is 7.36. The van der Waals surface area contributed by atoms with E-state index in [2.05, 4.69) is 5.32 Å². The first-order chi connectivity index (χ1) is 14.9. The lowest BCUT2D eigenvalue weighted by Crippen LogP contribution is -2.45. The fourth-order valence-electron chi connectivity index (χ4n) is 2.95. The zero-order chi connectivity index (χ0) is 22.3. The third-order valence-corrected chi connectivity index (χ3v) is 4.82. The Morgan fingerprint density at radius 1 is 1.03 bits per heavy atom. The first-order valence-corrected chi connectivity index (χ1v) is 10.0. The van der Waals surface area contributed by atoms with Crippen molar-refractivity contribution in [1.29, 1.82) is 0 Å². The smallest absolute Gasteiger partial charge is 0.344 e. The summed E-state index contributed by atoms with van der Waals surface area (Å²) in [5.74, 6) is 0.615. The minimum absolute atomic E-state index is 0.165. The highest BCUT2D eigenvalue weighted by atomic mass is 16.7. The highest BCUT2D eigenvalue weighted by Gasteiger charge is 2.40. The molecule has 1 heterocycles. The number of esters is 1. The highest BCUT2D eigenvalue weighted by molar-refractivity contribution is 5.95. The van der Waals surface area contributed by atoms with E-state index in [0.29, 0.717) is 18.0 Å². The Balaban J connectivity index is 1.51. The summed E-state index contributed by atoms with van der Waals surface area (Å²) in [5, 5.41) is 2.87. The van der Waals surface area contributed by atoms with Gasteiger partial charge in [-0.25, -0.2) is 4.79 Å². The number of nitrogens with one attached hydrogen (secondary N) is 1. The zero-order valence-electron chi connectivity index (χ0n) is 17.9. The van der Waals surface area contributed by atoms with E-state index in [-0.39, 0.29) is 25.7 Å². The van der Waals surface area contributed by atoms with Crippen molar-refractivity contribution in [3.8, 4) is 11.5 Å². The van der Waals surface area contributed by atoms with Crippen molar-refractivity contribution in [2.45, 2.75) is 20.1 Å². The average Bonchev–Trinajstić information content (AvgIpc) is 2.79. The van der Waals surface area contributed by atoms with Crippen molar-refractivity contribution in [3.63, 3.8) is 0 Å². The molecule has 1 saturated heterocycles. The van der Waals surface area contributed by atoms with Crippen molar-refractivity contribution in [1.82, 2.24) is 0 Å². The van der Waals surface area contributed by atoms with Gasteiger partial charge in [0.2, 0.25) is 5.91 Å². The predicted molar refractivity (Wildman–Crippen MR) is 113 cm³/mol. The Labute approximate surface area is 181 Å². The van der Waals surface area contributed by atoms with E-state index in [1.54, 1.807) is 45.2 Å². The van der Waals surface area contributed by atoms with Gasteiger partial charge in [0.1, 0.15) is 11.5 Å². The van der Waals surface area contributed by atoms with Crippen LogP contribution in [0, 0.1) is 5.41 Å². The Hall–Kier alpha value is -3.10. The first-order valence-electron chi connectivity index (χ1n) is 10.0. The number of hydrogen-bond donors (Lipinski definition) is 1. The van der Waals surface area contributed by atoms with E-state index >= 15 is 0 Å². The maximum atomic E-state index is 12.8. The molecule has 0 unspecified atom stereocenters. The molecule has 8 heteroatoms. The molecule has 0 atom stereocenters. The summed E-state index contributed by atoms with van der Waals surface area (Å²) in [5.41, 5.74) is 0.635. The largest absolute Gasteiger partial charge is 0.497 e. The van der Waals surface area contributed by atoms with E-state index in [1.807, 2.05) is 24.3 Å². The number of carbonyl (C=O) groups excluding carboxylic acids is 2. The monoisotopic (exact) mass is 429 g/mol. The highest BCUT2D eigenvalue weighted by Crippen LogP contribution is 2.33. The van der Waals surface area contributed by atoms with Gasteiger partial charge in [0.25, 0.3) is 0 Å². The third-order valence-electron chi connectivity index (χ3n) is 4.82. The van der Waals surface area contributed by atoms with Crippen LogP contribution < -0.4 is 14.8 Å². The van der Waals surface area contributed by atoms with Crippen molar-refractivity contribution in [2.75, 3.05) is 38.9 Å². The van der Waals surface area contributed by atoms with Crippen LogP contribution in [0.4, 0.5) is 5.69 Å². The molecular weight excluding hydrogens is 402 g/mol. The summed E-state index contributed by atoms with van der Waals surface area (Å²) in [6, 6.07) is 14.2. The second-order valence-corrected chi connectivity index (χ2v) is 7.36. The number of amides is 1. The predicted octanol–water partition coefficient (Wildman–Crippen LogP) is 3.33. The molecular formula is C23H27NO7. The summed E-state index contributed by atoms with van der Waals surface area (Å²) in [6.45, 7) is 4.11. The van der Waals surface area contributed by atoms with Gasteiger partial charge in [-0.2, -0.15) is 0 Å². The lowest BCUT2D eigenvalue weighted by Gasteiger charge is -2.36. The number of carbonyl (C=O) groups is 2. The van der Waals surface area contributed by atoms with E-state index in [1.165, 1.54) is 0 Å². The van der Waals surface area contributed by atoms with E-state index < -0.39 is 17.7 Å². The van der Waals surface area contributed by atoms with Crippen LogP contribution in [0.5, 0.6) is 11.5 Å². The molecule has 31 heavy (non-hydrogen) atoms. The lowest BCUT2D eigenvalue weighted by molar-refractivity contribution is -0.226. The minimum atomic E-state index is -0.831. The van der Waals surface area contributed by atoms with Crippen LogP contribution in [0.2, 0.25) is 0 Å². The van der Waals surface area contributed by atoms with Crippen molar-refractivity contribution in [3.05, 3.63) is 54.1 Å². The fourth-order valence-corrected chi connectivity index (χ4v) is 2.95. The Morgan fingerprint density at radius 2 is 1.65 bits per heavy atom. The molecule has 0 aromatic heterocycles. The molecule has 166 valence electrons. The molecule has 2 aromatic carbocycles. The summed E-state index contributed by atoms with van der Waals surface area (Å²) in [7, 11) is 1.61. The second kappa shape index (κ2) is 10.3. The normalized spacial score (nSPS) is 20.5. The topological polar surface area (TPSA) is 92.3 Å². The van der Waals surface area contributed by atoms with Crippen molar-refractivity contribution in [2.24, 2.45) is 5.41 Å². The number of ether oxygens (including phenoxy) is 5. The van der Waals surface area contributed by atoms with Crippen molar-refractivity contribution < 1.29 is 33.3 Å². The minimum Gasteiger partial charge on any atom is -0.497 e. The van der Waals surface area contributed by atoms with Crippen LogP contribution in [0.1, 0.15) is 25.7 Å². The lowest BCUT2D eigenvalue weighted by atomic mass is 9.90. The summed E-state index contributed by atoms with van der Waals surface area (Å²) in [4.78, 5) is 24.2. The fraction of sp³-hybridized carbons (Fsp3) is 0.391. The number of benzene rings is 2. The van der Waals surface area contributed by atoms with Crippen LogP contribution in [0.15, 0.2) is 48.5 Å². The van der Waals surface area contributed by atoms with Crippen LogP contribution in [-0.2, 0) is 23.8 Å². The molecule has 1 aliphatic rings. The van der Waals surface area contributed by atoms with E-state index in [9.17, 15) is 9.59 Å². The van der Waals surface area contributed by atoms with Gasteiger partial charge < -0.3 is 29.0 Å². The Kier molecular flexibility index (Phi) is 7.49. The number of anilines is 1. The number of methoxy groups -OCH3 is 1. The maximum Gasteiger partial charge on any atom is 0.344 e. The van der Waals surface area contributed by atoms with Gasteiger partial charge in [-0.3, -0.25) is 4.79 Å². The first kappa shape index (κ1) is 22.6. The third kappa shape index (κ3) is 5.96. The van der Waals surface area contributed by atoms with Crippen LogP contribution in [-0.4, -0.2) is 45.4 Å². The Bertz CT molecular complexity index is 872. The SMILES string of the molecule is CCOC(=O)COc1ccc(NC(=O)C2(C)COC(c3ccc(OC)cc3)OC2)cc1. The molecule has 0 bridgehead atoms. The van der Waals surface area contributed by atoms with Gasteiger partial charge in [0, 0.05) is 11.3 Å². The quantitative estimate of drug-likeness (QED) is 0.644. The average molecular weight is 429 g/mol. The molecule has 8 nitrogen and oxygen atoms in total. The van der Waals surface area contributed by atoms with Crippen LogP contribution in [0.25, 0.3) is 0 Å². The molecule has 0 aliphatic carbocycles. The summed E-state index contributed by atoms with van der Waals surface area (Å²) < 4.78 is 27.0. The molecule has 2 aromatic rings. The molecule has 1 N–H and O–H groups in total. The van der Waals surface area contributed by atoms with E-state index in [4.69, 9.17) is 23.7 Å². The van der Waals surface area contributed by atoms with Gasteiger partial charge in [0.05, 0.1) is 32.3 Å². The maximum absolute atomic E-state index is 12.8. The van der Waals surface area contributed by atoms with Gasteiger partial charge in [-0.05, 0) is 50.2 Å². The van der Waals surface area contributed by atoms with Crippen molar-refractivity contribution >= 4 is 17.6 Å². The molecule has 0 spiro atoms. The van der Waals surface area contributed by atoms with Crippen LogP contribution in [0.3, 0.4) is 0 Å². The molecule has 0 saturated carbocycles. The zero-order valence-corrected chi connectivity index (χ0v) is 17.9. The molecule has 1 amide bonds. The summed E-state index contributed by atoms with van der Waals surface area (Å²) in [6.07, 6.45) is -0.525. The molecule has 3 rings (SSSR count). The van der Waals surface area contributed by atoms with Gasteiger partial charge in [-0.15, -0.1) is 0 Å². The number of hydrogen-bond acceptors (Lipinski definition) is 7. The molecule has 1 fully saturated rings. The van der Waals surface area contributed by atoms with E-state index in [0.717, 1.165) is 11.3 Å². The van der Waals surface area contributed by atoms with Gasteiger partial charge >= 0.3 is 5.97 Å². The number of rotatable bonds is 8. The van der Waals surface area contributed by atoms with Crippen LogP contribution >= 0.6 is 0 Å². The van der Waals surface area contributed by atoms with Gasteiger partial charge in [-0.1, -0.05) is 12.1 Å². The molecule has 1 aliphatic heterocycles. The molecule has 0 radical (unpaired) electrons.